The molecule has 2 aromatic carbocycles. The van der Waals surface area contributed by atoms with Crippen molar-refractivity contribution in [1.29, 1.82) is 0 Å². The SMILES string of the molecule is Cc1ccc(Cl)cc1NC(=O)c1cccn(Cc2cccc(F)c2)c1=O. The molecule has 1 amide bonds. The summed E-state index contributed by atoms with van der Waals surface area (Å²) in [5.41, 5.74) is 1.56. The maximum atomic E-state index is 13.3. The van der Waals surface area contributed by atoms with Crippen LogP contribution >= 0.6 is 11.6 Å². The second-order valence-electron chi connectivity index (χ2n) is 5.90. The van der Waals surface area contributed by atoms with Crippen LogP contribution in [0.4, 0.5) is 10.1 Å². The molecule has 3 aromatic rings. The van der Waals surface area contributed by atoms with Crippen molar-refractivity contribution in [2.75, 3.05) is 5.32 Å². The van der Waals surface area contributed by atoms with Crippen molar-refractivity contribution in [2.24, 2.45) is 0 Å². The van der Waals surface area contributed by atoms with Crippen molar-refractivity contribution in [1.82, 2.24) is 4.57 Å². The van der Waals surface area contributed by atoms with E-state index in [1.807, 2.05) is 6.92 Å². The van der Waals surface area contributed by atoms with Gasteiger partial charge in [0.05, 0.1) is 6.54 Å². The van der Waals surface area contributed by atoms with Gasteiger partial charge in [-0.3, -0.25) is 9.59 Å². The summed E-state index contributed by atoms with van der Waals surface area (Å²) in [6, 6.07) is 14.2. The van der Waals surface area contributed by atoms with Gasteiger partial charge in [-0.15, -0.1) is 0 Å². The second-order valence-corrected chi connectivity index (χ2v) is 6.33. The summed E-state index contributed by atoms with van der Waals surface area (Å²) in [7, 11) is 0. The van der Waals surface area contributed by atoms with Gasteiger partial charge in [-0.2, -0.15) is 0 Å². The molecule has 0 spiro atoms. The van der Waals surface area contributed by atoms with Gasteiger partial charge in [0.2, 0.25) is 0 Å². The van der Waals surface area contributed by atoms with Gasteiger partial charge >= 0.3 is 0 Å². The molecule has 6 heteroatoms. The van der Waals surface area contributed by atoms with Crippen molar-refractivity contribution in [3.8, 4) is 0 Å². The summed E-state index contributed by atoms with van der Waals surface area (Å²) in [5, 5.41) is 3.20. The number of hydrogen-bond donors (Lipinski definition) is 1. The predicted octanol–water partition coefficient (Wildman–Crippen LogP) is 4.25. The largest absolute Gasteiger partial charge is 0.322 e. The lowest BCUT2D eigenvalue weighted by Gasteiger charge is -2.11. The van der Waals surface area contributed by atoms with Crippen LogP contribution in [-0.4, -0.2) is 10.5 Å². The molecule has 1 N–H and O–H groups in total. The molecule has 1 heterocycles. The highest BCUT2D eigenvalue weighted by Crippen LogP contribution is 2.20. The molecule has 0 atom stereocenters. The molecule has 0 fully saturated rings. The first-order valence-corrected chi connectivity index (χ1v) is 8.33. The van der Waals surface area contributed by atoms with Crippen molar-refractivity contribution < 1.29 is 9.18 Å². The average Bonchev–Trinajstić information content (AvgIpc) is 2.60. The van der Waals surface area contributed by atoms with Crippen LogP contribution in [0.25, 0.3) is 0 Å². The second kappa shape index (κ2) is 7.54. The van der Waals surface area contributed by atoms with E-state index in [4.69, 9.17) is 11.6 Å². The first kappa shape index (κ1) is 17.9. The highest BCUT2D eigenvalue weighted by Gasteiger charge is 2.14. The van der Waals surface area contributed by atoms with Crippen molar-refractivity contribution in [2.45, 2.75) is 13.5 Å². The van der Waals surface area contributed by atoms with Gasteiger partial charge in [0.25, 0.3) is 11.5 Å². The summed E-state index contributed by atoms with van der Waals surface area (Å²) in [6.45, 7) is 2.01. The maximum Gasteiger partial charge on any atom is 0.263 e. The van der Waals surface area contributed by atoms with E-state index in [-0.39, 0.29) is 17.9 Å². The molecule has 0 aliphatic carbocycles. The number of pyridine rings is 1. The minimum absolute atomic E-state index is 0.00304. The third kappa shape index (κ3) is 4.00. The molecular weight excluding hydrogens is 355 g/mol. The van der Waals surface area contributed by atoms with Crippen LogP contribution < -0.4 is 10.9 Å². The highest BCUT2D eigenvalue weighted by molar-refractivity contribution is 6.31. The Labute approximate surface area is 154 Å². The normalized spacial score (nSPS) is 10.6. The minimum Gasteiger partial charge on any atom is -0.322 e. The number of rotatable bonds is 4. The number of hydrogen-bond acceptors (Lipinski definition) is 2. The fourth-order valence-electron chi connectivity index (χ4n) is 2.58. The van der Waals surface area contributed by atoms with E-state index in [1.54, 1.807) is 42.6 Å². The molecular formula is C20H16ClFN2O2. The number of carbonyl (C=O) groups is 1. The quantitative estimate of drug-likeness (QED) is 0.746. The van der Waals surface area contributed by atoms with E-state index < -0.39 is 11.5 Å². The summed E-state index contributed by atoms with van der Waals surface area (Å²) < 4.78 is 14.7. The Morgan fingerprint density at radius 1 is 1.15 bits per heavy atom. The van der Waals surface area contributed by atoms with Gasteiger partial charge in [-0.1, -0.05) is 29.8 Å². The van der Waals surface area contributed by atoms with Crippen LogP contribution in [0, 0.1) is 12.7 Å². The van der Waals surface area contributed by atoms with Gasteiger partial charge in [0.15, 0.2) is 0 Å². The summed E-state index contributed by atoms with van der Waals surface area (Å²) in [6.07, 6.45) is 1.56. The number of nitrogens with zero attached hydrogens (tertiary/aromatic N) is 1. The van der Waals surface area contributed by atoms with Crippen LogP contribution in [0.2, 0.25) is 5.02 Å². The van der Waals surface area contributed by atoms with E-state index in [0.717, 1.165) is 5.56 Å². The molecule has 0 radical (unpaired) electrons. The lowest BCUT2D eigenvalue weighted by molar-refractivity contribution is 0.102. The van der Waals surface area contributed by atoms with Gasteiger partial charge in [-0.05, 0) is 54.4 Å². The predicted molar refractivity (Wildman–Crippen MR) is 100 cm³/mol. The zero-order valence-electron chi connectivity index (χ0n) is 14.0. The Bertz CT molecular complexity index is 1030. The lowest BCUT2D eigenvalue weighted by atomic mass is 10.1. The number of aryl methyl sites for hydroxylation is 1. The van der Waals surface area contributed by atoms with Crippen molar-refractivity contribution >= 4 is 23.2 Å². The van der Waals surface area contributed by atoms with Gasteiger partial charge in [0, 0.05) is 16.9 Å². The lowest BCUT2D eigenvalue weighted by Crippen LogP contribution is -2.29. The fraction of sp³-hybridized carbons (Fsp3) is 0.100. The molecule has 0 bridgehead atoms. The standard InChI is InChI=1S/C20H16ClFN2O2/c1-13-7-8-15(21)11-18(13)23-19(25)17-6-3-9-24(20(17)26)12-14-4-2-5-16(22)10-14/h2-11H,12H2,1H3,(H,23,25). The van der Waals surface area contributed by atoms with E-state index in [0.29, 0.717) is 16.3 Å². The molecule has 0 aliphatic rings. The van der Waals surface area contributed by atoms with Crippen LogP contribution in [0.5, 0.6) is 0 Å². The monoisotopic (exact) mass is 370 g/mol. The molecule has 0 saturated carbocycles. The number of nitrogens with one attached hydrogen (secondary N) is 1. The Morgan fingerprint density at radius 2 is 1.96 bits per heavy atom. The molecule has 4 nitrogen and oxygen atoms in total. The fourth-order valence-corrected chi connectivity index (χ4v) is 2.76. The zero-order valence-corrected chi connectivity index (χ0v) is 14.8. The number of amides is 1. The van der Waals surface area contributed by atoms with Crippen LogP contribution in [0.15, 0.2) is 65.6 Å². The third-order valence-corrected chi connectivity index (χ3v) is 4.19. The molecule has 26 heavy (non-hydrogen) atoms. The Kier molecular flexibility index (Phi) is 5.19. The molecule has 0 aliphatic heterocycles. The van der Waals surface area contributed by atoms with Gasteiger partial charge < -0.3 is 9.88 Å². The summed E-state index contributed by atoms with van der Waals surface area (Å²) in [4.78, 5) is 25.2. The Balaban J connectivity index is 1.88. The summed E-state index contributed by atoms with van der Waals surface area (Å²) in [5.74, 6) is -0.894. The smallest absolute Gasteiger partial charge is 0.263 e. The number of aromatic nitrogens is 1. The average molecular weight is 371 g/mol. The zero-order chi connectivity index (χ0) is 18.7. The molecule has 0 unspecified atom stereocenters. The van der Waals surface area contributed by atoms with Gasteiger partial charge in [-0.25, -0.2) is 4.39 Å². The number of carbonyl (C=O) groups excluding carboxylic acids is 1. The molecule has 1 aromatic heterocycles. The topological polar surface area (TPSA) is 51.1 Å². The summed E-state index contributed by atoms with van der Waals surface area (Å²) >= 11 is 5.96. The van der Waals surface area contributed by atoms with Crippen molar-refractivity contribution in [3.05, 3.63) is 98.7 Å². The van der Waals surface area contributed by atoms with Crippen LogP contribution in [0.3, 0.4) is 0 Å². The number of anilines is 1. The van der Waals surface area contributed by atoms with E-state index >= 15 is 0 Å². The van der Waals surface area contributed by atoms with Gasteiger partial charge in [0.1, 0.15) is 11.4 Å². The Morgan fingerprint density at radius 3 is 2.73 bits per heavy atom. The number of halogens is 2. The van der Waals surface area contributed by atoms with Crippen LogP contribution in [-0.2, 0) is 6.54 Å². The first-order chi connectivity index (χ1) is 12.4. The van der Waals surface area contributed by atoms with E-state index in [2.05, 4.69) is 5.32 Å². The minimum atomic E-state index is -0.519. The number of benzene rings is 2. The van der Waals surface area contributed by atoms with Crippen LogP contribution in [0.1, 0.15) is 21.5 Å². The van der Waals surface area contributed by atoms with Crippen molar-refractivity contribution in [3.63, 3.8) is 0 Å². The van der Waals surface area contributed by atoms with E-state index in [1.165, 1.54) is 22.8 Å². The first-order valence-electron chi connectivity index (χ1n) is 7.95. The molecule has 132 valence electrons. The third-order valence-electron chi connectivity index (χ3n) is 3.95. The molecule has 0 saturated heterocycles. The maximum absolute atomic E-state index is 13.3. The Hall–Kier alpha value is -2.92. The highest BCUT2D eigenvalue weighted by atomic mass is 35.5. The molecule has 3 rings (SSSR count). The van der Waals surface area contributed by atoms with E-state index in [9.17, 15) is 14.0 Å².